The van der Waals surface area contributed by atoms with E-state index in [9.17, 15) is 0 Å². The number of benzene rings is 2. The number of hydrogen-bond acceptors (Lipinski definition) is 0. The van der Waals surface area contributed by atoms with Crippen LogP contribution in [0.5, 0.6) is 0 Å². The Morgan fingerprint density at radius 3 is 2.06 bits per heavy atom. The largest absolute Gasteiger partial charge is 0.168 e. The van der Waals surface area contributed by atoms with Gasteiger partial charge in [0.05, 0.1) is 0 Å². The van der Waals surface area contributed by atoms with Gasteiger partial charge in [0.1, 0.15) is 0 Å². The van der Waals surface area contributed by atoms with Crippen molar-refractivity contribution in [2.45, 2.75) is 11.3 Å². The van der Waals surface area contributed by atoms with E-state index in [1.54, 1.807) is 0 Å². The van der Waals surface area contributed by atoms with E-state index in [0.29, 0.717) is 0 Å². The van der Waals surface area contributed by atoms with E-state index >= 15 is 0 Å². The molecule has 0 aliphatic rings. The summed E-state index contributed by atoms with van der Waals surface area (Å²) in [5, 5.41) is 0. The lowest BCUT2D eigenvalue weighted by atomic mass is 10.0. The van der Waals surface area contributed by atoms with E-state index < -0.39 is 4.33 Å². The first-order valence-electron chi connectivity index (χ1n) is 5.11. The van der Waals surface area contributed by atoms with Crippen LogP contribution in [0, 0.1) is 6.92 Å². The van der Waals surface area contributed by atoms with Crippen LogP contribution >= 0.6 is 23.2 Å². The fourth-order valence-corrected chi connectivity index (χ4v) is 2.14. The van der Waals surface area contributed by atoms with Crippen molar-refractivity contribution in [3.63, 3.8) is 0 Å². The molecule has 0 fully saturated rings. The molecule has 2 aromatic rings. The molecule has 0 saturated carbocycles. The van der Waals surface area contributed by atoms with E-state index in [2.05, 4.69) is 0 Å². The highest BCUT2D eigenvalue weighted by atomic mass is 35.5. The molecule has 16 heavy (non-hydrogen) atoms. The van der Waals surface area contributed by atoms with Gasteiger partial charge in [-0.1, -0.05) is 83.4 Å². The van der Waals surface area contributed by atoms with Crippen LogP contribution in [-0.2, 0) is 4.33 Å². The van der Waals surface area contributed by atoms with Crippen LogP contribution in [0.2, 0.25) is 0 Å². The summed E-state index contributed by atoms with van der Waals surface area (Å²) >= 11 is 12.8. The molecule has 0 saturated heterocycles. The topological polar surface area (TPSA) is 0 Å². The van der Waals surface area contributed by atoms with Gasteiger partial charge in [-0.2, -0.15) is 0 Å². The quantitative estimate of drug-likeness (QED) is 0.680. The highest BCUT2D eigenvalue weighted by molar-refractivity contribution is 6.50. The van der Waals surface area contributed by atoms with E-state index in [1.807, 2.05) is 61.5 Å². The summed E-state index contributed by atoms with van der Waals surface area (Å²) in [7, 11) is 0. The molecule has 2 rings (SSSR count). The average molecular weight is 251 g/mol. The Bertz CT molecular complexity index is 475. The lowest BCUT2D eigenvalue weighted by Gasteiger charge is -2.21. The predicted molar refractivity (Wildman–Crippen MR) is 70.1 cm³/mol. The highest BCUT2D eigenvalue weighted by Crippen LogP contribution is 2.40. The van der Waals surface area contributed by atoms with Crippen molar-refractivity contribution in [1.82, 2.24) is 0 Å². The van der Waals surface area contributed by atoms with Crippen LogP contribution in [0.3, 0.4) is 0 Å². The van der Waals surface area contributed by atoms with Crippen LogP contribution in [-0.4, -0.2) is 0 Å². The highest BCUT2D eigenvalue weighted by Gasteiger charge is 2.28. The molecule has 2 heteroatoms. The Morgan fingerprint density at radius 2 is 1.44 bits per heavy atom. The van der Waals surface area contributed by atoms with Crippen molar-refractivity contribution >= 4 is 23.2 Å². The van der Waals surface area contributed by atoms with Crippen LogP contribution < -0.4 is 0 Å². The predicted octanol–water partition coefficient (Wildman–Crippen LogP) is 4.67. The molecule has 0 spiro atoms. The van der Waals surface area contributed by atoms with Crippen molar-refractivity contribution in [3.05, 3.63) is 71.3 Å². The standard InChI is InChI=1S/C14H12Cl2/c1-11-6-5-9-13(10-11)14(15,16)12-7-3-2-4-8-12/h2-10H,1H3. The zero-order valence-electron chi connectivity index (χ0n) is 8.95. The van der Waals surface area contributed by atoms with Crippen LogP contribution in [0.1, 0.15) is 16.7 Å². The summed E-state index contributed by atoms with van der Waals surface area (Å²) in [5.74, 6) is 0. The third kappa shape index (κ3) is 2.23. The molecule has 0 N–H and O–H groups in total. The maximum Gasteiger partial charge on any atom is 0.168 e. The zero-order valence-corrected chi connectivity index (χ0v) is 10.5. The Morgan fingerprint density at radius 1 is 0.812 bits per heavy atom. The molecule has 0 nitrogen and oxygen atoms in total. The van der Waals surface area contributed by atoms with E-state index in [-0.39, 0.29) is 0 Å². The van der Waals surface area contributed by atoms with Gasteiger partial charge in [0.15, 0.2) is 4.33 Å². The average Bonchev–Trinajstić information content (AvgIpc) is 2.30. The second kappa shape index (κ2) is 4.48. The molecule has 0 aromatic heterocycles. The van der Waals surface area contributed by atoms with Gasteiger partial charge in [-0.25, -0.2) is 0 Å². The molecule has 0 amide bonds. The second-order valence-electron chi connectivity index (χ2n) is 3.81. The Labute approximate surface area is 106 Å². The molecule has 0 bridgehead atoms. The maximum absolute atomic E-state index is 6.42. The maximum atomic E-state index is 6.42. The number of aryl methyl sites for hydroxylation is 1. The Kier molecular flexibility index (Phi) is 3.22. The van der Waals surface area contributed by atoms with E-state index in [0.717, 1.165) is 16.7 Å². The zero-order chi connectivity index (χ0) is 11.6. The molecular weight excluding hydrogens is 239 g/mol. The summed E-state index contributed by atoms with van der Waals surface area (Å²) in [6.07, 6.45) is 0. The van der Waals surface area contributed by atoms with Gasteiger partial charge in [-0.3, -0.25) is 0 Å². The number of hydrogen-bond donors (Lipinski definition) is 0. The molecule has 0 aliphatic carbocycles. The summed E-state index contributed by atoms with van der Waals surface area (Å²) in [5.41, 5.74) is 2.95. The minimum atomic E-state index is -0.979. The summed E-state index contributed by atoms with van der Waals surface area (Å²) < 4.78 is -0.979. The molecule has 0 aliphatic heterocycles. The second-order valence-corrected chi connectivity index (χ2v) is 5.14. The normalized spacial score (nSPS) is 11.4. The minimum absolute atomic E-state index is 0.893. The molecular formula is C14H12Cl2. The molecule has 2 aromatic carbocycles. The number of rotatable bonds is 2. The lowest BCUT2D eigenvalue weighted by Crippen LogP contribution is -2.12. The Balaban J connectivity index is 2.47. The van der Waals surface area contributed by atoms with Crippen molar-refractivity contribution < 1.29 is 0 Å². The first-order valence-corrected chi connectivity index (χ1v) is 5.87. The van der Waals surface area contributed by atoms with Crippen molar-refractivity contribution in [3.8, 4) is 0 Å². The van der Waals surface area contributed by atoms with Crippen molar-refractivity contribution in [2.24, 2.45) is 0 Å². The van der Waals surface area contributed by atoms with Crippen molar-refractivity contribution in [1.29, 1.82) is 0 Å². The molecule has 0 unspecified atom stereocenters. The van der Waals surface area contributed by atoms with Gasteiger partial charge >= 0.3 is 0 Å². The SMILES string of the molecule is Cc1cccc(C(Cl)(Cl)c2ccccc2)c1. The monoisotopic (exact) mass is 250 g/mol. The van der Waals surface area contributed by atoms with Gasteiger partial charge in [0.25, 0.3) is 0 Å². The third-order valence-corrected chi connectivity index (χ3v) is 3.39. The third-order valence-electron chi connectivity index (χ3n) is 2.52. The summed E-state index contributed by atoms with van der Waals surface area (Å²) in [6.45, 7) is 2.03. The van der Waals surface area contributed by atoms with E-state index in [1.165, 1.54) is 0 Å². The summed E-state index contributed by atoms with van der Waals surface area (Å²) in [6, 6.07) is 17.6. The fourth-order valence-electron chi connectivity index (χ4n) is 1.65. The van der Waals surface area contributed by atoms with Gasteiger partial charge in [0.2, 0.25) is 0 Å². The lowest BCUT2D eigenvalue weighted by molar-refractivity contribution is 1.03. The van der Waals surface area contributed by atoms with Gasteiger partial charge in [-0.05, 0) is 18.1 Å². The van der Waals surface area contributed by atoms with Crippen LogP contribution in [0.25, 0.3) is 0 Å². The summed E-state index contributed by atoms with van der Waals surface area (Å²) in [4.78, 5) is 0. The van der Waals surface area contributed by atoms with Gasteiger partial charge < -0.3 is 0 Å². The van der Waals surface area contributed by atoms with Gasteiger partial charge in [-0.15, -0.1) is 0 Å². The van der Waals surface area contributed by atoms with E-state index in [4.69, 9.17) is 23.2 Å². The van der Waals surface area contributed by atoms with Crippen molar-refractivity contribution in [2.75, 3.05) is 0 Å². The first kappa shape index (κ1) is 11.5. The minimum Gasteiger partial charge on any atom is -0.0909 e. The number of alkyl halides is 2. The number of halogens is 2. The molecule has 0 atom stereocenters. The molecule has 0 heterocycles. The smallest absolute Gasteiger partial charge is 0.0909 e. The fraction of sp³-hybridized carbons (Fsp3) is 0.143. The molecule has 0 radical (unpaired) electrons. The molecule has 82 valence electrons. The first-order chi connectivity index (χ1) is 7.60. The van der Waals surface area contributed by atoms with Crippen LogP contribution in [0.4, 0.5) is 0 Å². The Hall–Kier alpha value is -0.980. The van der Waals surface area contributed by atoms with Crippen LogP contribution in [0.15, 0.2) is 54.6 Å². The van der Waals surface area contributed by atoms with Gasteiger partial charge in [0, 0.05) is 0 Å².